The molecule has 2 rings (SSSR count). The average molecular weight is 358 g/mol. The smallest absolute Gasteiger partial charge is 0.170 e. The molecule has 0 fully saturated rings. The van der Waals surface area contributed by atoms with E-state index in [0.29, 0.717) is 10.1 Å². The highest BCUT2D eigenvalue weighted by Gasteiger charge is 2.16. The van der Waals surface area contributed by atoms with Gasteiger partial charge in [-0.3, -0.25) is 0 Å². The predicted molar refractivity (Wildman–Crippen MR) is 104 cm³/mol. The van der Waals surface area contributed by atoms with Gasteiger partial charge in [0.2, 0.25) is 0 Å². The molecule has 0 aliphatic heterocycles. The number of halogens is 1. The van der Waals surface area contributed by atoms with Gasteiger partial charge in [-0.25, -0.2) is 0 Å². The highest BCUT2D eigenvalue weighted by Crippen LogP contribution is 2.31. The Morgan fingerprint density at radius 1 is 1.25 bits per heavy atom. The molecule has 0 spiro atoms. The average Bonchev–Trinajstić information content (AvgIpc) is 2.58. The van der Waals surface area contributed by atoms with E-state index in [2.05, 4.69) is 23.6 Å². The Bertz CT molecular complexity index is 725. The molecule has 124 valence electrons. The van der Waals surface area contributed by atoms with E-state index < -0.39 is 0 Å². The van der Waals surface area contributed by atoms with Gasteiger partial charge in [-0.2, -0.15) is 5.26 Å². The van der Waals surface area contributed by atoms with Crippen LogP contribution in [0.5, 0.6) is 0 Å². The number of unbranched alkanes of at least 4 members (excludes halogenated alkanes) is 1. The van der Waals surface area contributed by atoms with E-state index in [4.69, 9.17) is 23.8 Å². The number of hydrogen-bond donors (Lipinski definition) is 2. The molecule has 5 heteroatoms. The molecule has 0 aliphatic rings. The summed E-state index contributed by atoms with van der Waals surface area (Å²) in [5.41, 5.74) is 2.53. The van der Waals surface area contributed by atoms with Gasteiger partial charge in [0.1, 0.15) is 0 Å². The van der Waals surface area contributed by atoms with Crippen LogP contribution in [0.3, 0.4) is 0 Å². The summed E-state index contributed by atoms with van der Waals surface area (Å²) in [5.74, 6) is -0.387. The van der Waals surface area contributed by atoms with Crippen LogP contribution in [-0.2, 0) is 0 Å². The second-order valence-corrected chi connectivity index (χ2v) is 6.26. The summed E-state index contributed by atoms with van der Waals surface area (Å²) >= 11 is 11.7. The number of nitrogens with one attached hydrogen (secondary N) is 2. The molecule has 0 aliphatic carbocycles. The lowest BCUT2D eigenvalue weighted by molar-refractivity contribution is 0.758. The minimum absolute atomic E-state index is 0.387. The summed E-state index contributed by atoms with van der Waals surface area (Å²) in [4.78, 5) is 0. The molecule has 0 heterocycles. The number of nitriles is 1. The van der Waals surface area contributed by atoms with Crippen molar-refractivity contribution < 1.29 is 0 Å². The van der Waals surface area contributed by atoms with Crippen molar-refractivity contribution in [1.29, 1.82) is 5.26 Å². The van der Waals surface area contributed by atoms with E-state index >= 15 is 0 Å². The molecule has 0 saturated carbocycles. The maximum Gasteiger partial charge on any atom is 0.170 e. The predicted octanol–water partition coefficient (Wildman–Crippen LogP) is 5.08. The van der Waals surface area contributed by atoms with Gasteiger partial charge in [-0.15, -0.1) is 0 Å². The van der Waals surface area contributed by atoms with E-state index in [1.807, 2.05) is 42.5 Å². The van der Waals surface area contributed by atoms with Gasteiger partial charge in [0.25, 0.3) is 0 Å². The Balaban J connectivity index is 2.12. The van der Waals surface area contributed by atoms with Crippen molar-refractivity contribution in [2.24, 2.45) is 0 Å². The first-order valence-electron chi connectivity index (χ1n) is 7.94. The van der Waals surface area contributed by atoms with E-state index in [1.165, 1.54) is 0 Å². The lowest BCUT2D eigenvalue weighted by Crippen LogP contribution is -2.29. The number of rotatable bonds is 6. The first-order chi connectivity index (χ1) is 11.7. The lowest BCUT2D eigenvalue weighted by Gasteiger charge is -2.14. The second kappa shape index (κ2) is 9.27. The fraction of sp³-hybridized carbons (Fsp3) is 0.263. The molecule has 0 saturated heterocycles. The van der Waals surface area contributed by atoms with Crippen molar-refractivity contribution in [2.45, 2.75) is 25.7 Å². The topological polar surface area (TPSA) is 47.8 Å². The normalized spacial score (nSPS) is 11.4. The van der Waals surface area contributed by atoms with Crippen LogP contribution < -0.4 is 10.6 Å². The van der Waals surface area contributed by atoms with Crippen molar-refractivity contribution in [2.75, 3.05) is 11.9 Å². The summed E-state index contributed by atoms with van der Waals surface area (Å²) in [6.45, 7) is 2.98. The van der Waals surface area contributed by atoms with E-state index in [0.717, 1.165) is 36.2 Å². The quantitative estimate of drug-likeness (QED) is 0.559. The standard InChI is InChI=1S/C19H20ClN3S/c1-2-3-11-22-19(24)23-15-9-10-16(18(20)12-15)17(13-21)14-7-5-4-6-8-14/h4-10,12,17H,2-3,11H2,1H3,(H2,22,23,24). The van der Waals surface area contributed by atoms with E-state index in [9.17, 15) is 5.26 Å². The third-order valence-corrected chi connectivity index (χ3v) is 4.22. The van der Waals surface area contributed by atoms with Gasteiger partial charge in [-0.05, 0) is 41.9 Å². The summed E-state index contributed by atoms with van der Waals surface area (Å²) in [6, 6.07) is 17.5. The Morgan fingerprint density at radius 3 is 2.62 bits per heavy atom. The summed E-state index contributed by atoms with van der Waals surface area (Å²) < 4.78 is 0. The zero-order valence-corrected chi connectivity index (χ0v) is 15.1. The molecule has 0 amide bonds. The number of nitrogens with zero attached hydrogens (tertiary/aromatic N) is 1. The van der Waals surface area contributed by atoms with Crippen LogP contribution in [0, 0.1) is 11.3 Å². The van der Waals surface area contributed by atoms with Crippen molar-refractivity contribution in [3.05, 3.63) is 64.7 Å². The van der Waals surface area contributed by atoms with Crippen molar-refractivity contribution in [3.63, 3.8) is 0 Å². The van der Waals surface area contributed by atoms with Gasteiger partial charge in [-0.1, -0.05) is 61.3 Å². The summed E-state index contributed by atoms with van der Waals surface area (Å²) in [6.07, 6.45) is 2.19. The Kier molecular flexibility index (Phi) is 7.05. The Hall–Kier alpha value is -2.09. The molecular weight excluding hydrogens is 338 g/mol. The third-order valence-electron chi connectivity index (χ3n) is 3.65. The fourth-order valence-electron chi connectivity index (χ4n) is 2.36. The number of hydrogen-bond acceptors (Lipinski definition) is 2. The third kappa shape index (κ3) is 4.95. The lowest BCUT2D eigenvalue weighted by atomic mass is 9.92. The van der Waals surface area contributed by atoms with Crippen LogP contribution in [0.15, 0.2) is 48.5 Å². The highest BCUT2D eigenvalue weighted by molar-refractivity contribution is 7.80. The van der Waals surface area contributed by atoms with Crippen LogP contribution in [0.1, 0.15) is 36.8 Å². The van der Waals surface area contributed by atoms with Crippen molar-refractivity contribution >= 4 is 34.6 Å². The molecular formula is C19H20ClN3S. The minimum atomic E-state index is -0.387. The van der Waals surface area contributed by atoms with Crippen molar-refractivity contribution in [3.8, 4) is 6.07 Å². The van der Waals surface area contributed by atoms with E-state index in [1.54, 1.807) is 6.07 Å². The first kappa shape index (κ1) is 18.3. The Morgan fingerprint density at radius 2 is 2.00 bits per heavy atom. The largest absolute Gasteiger partial charge is 0.362 e. The van der Waals surface area contributed by atoms with E-state index in [-0.39, 0.29) is 5.92 Å². The number of benzene rings is 2. The van der Waals surface area contributed by atoms with Crippen molar-refractivity contribution in [1.82, 2.24) is 5.32 Å². The van der Waals surface area contributed by atoms with Crippen LogP contribution in [0.2, 0.25) is 5.02 Å². The monoisotopic (exact) mass is 357 g/mol. The molecule has 2 aromatic rings. The number of anilines is 1. The second-order valence-electron chi connectivity index (χ2n) is 5.44. The zero-order chi connectivity index (χ0) is 17.4. The molecule has 2 aromatic carbocycles. The fourth-order valence-corrected chi connectivity index (χ4v) is 2.87. The molecule has 0 bridgehead atoms. The Labute approximate surface area is 153 Å². The maximum absolute atomic E-state index is 9.54. The maximum atomic E-state index is 9.54. The molecule has 0 radical (unpaired) electrons. The van der Waals surface area contributed by atoms with Gasteiger partial charge >= 0.3 is 0 Å². The zero-order valence-electron chi connectivity index (χ0n) is 13.6. The molecule has 0 aromatic heterocycles. The molecule has 3 nitrogen and oxygen atoms in total. The molecule has 2 N–H and O–H groups in total. The van der Waals surface area contributed by atoms with Gasteiger partial charge < -0.3 is 10.6 Å². The summed E-state index contributed by atoms with van der Waals surface area (Å²) in [5, 5.41) is 16.9. The van der Waals surface area contributed by atoms with Gasteiger partial charge in [0.15, 0.2) is 5.11 Å². The van der Waals surface area contributed by atoms with Crippen LogP contribution in [0.25, 0.3) is 0 Å². The van der Waals surface area contributed by atoms with Crippen LogP contribution >= 0.6 is 23.8 Å². The van der Waals surface area contributed by atoms with Crippen LogP contribution in [0.4, 0.5) is 5.69 Å². The first-order valence-corrected chi connectivity index (χ1v) is 8.73. The number of thiocarbonyl (C=S) groups is 1. The molecule has 1 unspecified atom stereocenters. The van der Waals surface area contributed by atoms with Crippen LogP contribution in [-0.4, -0.2) is 11.7 Å². The van der Waals surface area contributed by atoms with Gasteiger partial charge in [0.05, 0.1) is 12.0 Å². The molecule has 1 atom stereocenters. The SMILES string of the molecule is CCCCNC(=S)Nc1ccc(C(C#N)c2ccccc2)c(Cl)c1. The summed E-state index contributed by atoms with van der Waals surface area (Å²) in [7, 11) is 0. The van der Waals surface area contributed by atoms with Gasteiger partial charge in [0, 0.05) is 17.3 Å². The highest BCUT2D eigenvalue weighted by atomic mass is 35.5. The molecule has 24 heavy (non-hydrogen) atoms. The minimum Gasteiger partial charge on any atom is -0.362 e.